The largest absolute Gasteiger partial charge is 2.00 e. The van der Waals surface area contributed by atoms with Crippen LogP contribution in [0.4, 0.5) is 0 Å². The summed E-state index contributed by atoms with van der Waals surface area (Å²) in [6.45, 7) is 0. The average Bonchev–Trinajstić information content (AvgIpc) is 0. The molecule has 0 fully saturated rings. The summed E-state index contributed by atoms with van der Waals surface area (Å²) in [5.41, 5.74) is 0. The summed E-state index contributed by atoms with van der Waals surface area (Å²) in [4.78, 5) is 0. The minimum Gasteiger partial charge on any atom is -0.693 e. The van der Waals surface area contributed by atoms with Gasteiger partial charge in [-0.2, -0.15) is 29.7 Å². The van der Waals surface area contributed by atoms with Crippen molar-refractivity contribution in [1.29, 1.82) is 0 Å². The molecule has 6 N–H and O–H groups in total. The first-order valence-electron chi connectivity index (χ1n) is 0. The third kappa shape index (κ3) is 915. The number of rotatable bonds is 0. The third-order valence-corrected chi connectivity index (χ3v) is 0. The van der Waals surface area contributed by atoms with Gasteiger partial charge in [-0.15, -0.1) is 0 Å². The van der Waals surface area contributed by atoms with E-state index in [-0.39, 0.29) is 240 Å². The summed E-state index contributed by atoms with van der Waals surface area (Å²) in [5.74, 6) is 0. The molecule has 3 atom stereocenters. The second-order valence-corrected chi connectivity index (χ2v) is 0. The fraction of sp³-hybridized carbons (Fsp3) is 0. The maximum atomic E-state index is 0. The normalized spacial score (nSPS) is 0. The summed E-state index contributed by atoms with van der Waals surface area (Å²) in [5, 5.41) is 0. The Morgan fingerprint density at radius 2 is 0.250 bits per heavy atom. The Bertz CT molecular complexity index is 42.0. The molecule has 0 aliphatic rings. The first-order chi connectivity index (χ1) is 0. The zero-order valence-corrected chi connectivity index (χ0v) is 27.6. The first-order valence-corrected chi connectivity index (χ1v) is 0. The van der Waals surface area contributed by atoms with E-state index in [1.165, 1.54) is 0 Å². The van der Waals surface area contributed by atoms with Crippen molar-refractivity contribution in [3.05, 3.63) is 108 Å². The zero-order chi connectivity index (χ0) is 0. The van der Waals surface area contributed by atoms with Crippen LogP contribution in [0.3, 0.4) is 0 Å². The molecular formula is C12H51Cu6N3P3-11. The summed E-state index contributed by atoms with van der Waals surface area (Å²) in [7, 11) is 0. The second kappa shape index (κ2) is 1030. The summed E-state index contributed by atoms with van der Waals surface area (Å²) >= 11 is 0. The van der Waals surface area contributed by atoms with Gasteiger partial charge in [0.25, 0.3) is 0 Å². The Hall–Kier alpha value is 4.29. The van der Waals surface area contributed by atoms with Gasteiger partial charge in [0.1, 0.15) is 0 Å². The molecule has 0 spiro atoms. The van der Waals surface area contributed by atoms with Crippen LogP contribution in [0.1, 0.15) is 0 Å². The Kier molecular flexibility index (Phi) is 49000. The van der Waals surface area contributed by atoms with Crippen molar-refractivity contribution in [2.75, 3.05) is 0 Å². The van der Waals surface area contributed by atoms with Crippen LogP contribution in [0.2, 0.25) is 0 Å². The van der Waals surface area contributed by atoms with Crippen LogP contribution in [-0.2, 0) is 102 Å². The maximum Gasteiger partial charge on any atom is 2.00 e. The van der Waals surface area contributed by atoms with E-state index in [0.717, 1.165) is 0 Å². The van der Waals surface area contributed by atoms with E-state index in [1.807, 2.05) is 0 Å². The molecule has 3 unspecified atom stereocenters. The van der Waals surface area contributed by atoms with E-state index < -0.39 is 0 Å². The molecule has 0 amide bonds. The van der Waals surface area contributed by atoms with Crippen molar-refractivity contribution < 1.29 is 102 Å². The van der Waals surface area contributed by atoms with Crippen LogP contribution >= 0.6 is 29.7 Å². The molecule has 0 aromatic rings. The number of nitrogens with two attached hydrogens (primary N) is 3. The number of hydrogen-bond donors (Lipinski definition) is 0. The monoisotopic (exact) mass is 708 g/mol. The predicted molar refractivity (Wildman–Crippen MR) is 126 cm³/mol. The minimum atomic E-state index is 0. The maximum absolute atomic E-state index is 0. The van der Waals surface area contributed by atoms with Gasteiger partial charge in [-0.3, -0.25) is 0 Å². The molecule has 3 nitrogen and oxygen atoms in total. The number of hydrogen-bond acceptors (Lipinski definition) is 0. The van der Waals surface area contributed by atoms with Gasteiger partial charge in [0.15, 0.2) is 0 Å². The third-order valence-electron chi connectivity index (χ3n) is 0. The summed E-state index contributed by atoms with van der Waals surface area (Å²) in [6.07, 6.45) is 0. The van der Waals surface area contributed by atoms with Gasteiger partial charge in [0.2, 0.25) is 0 Å². The fourth-order valence-electron chi connectivity index (χ4n) is 0. The second-order valence-electron chi connectivity index (χ2n) is 0. The van der Waals surface area contributed by atoms with E-state index in [4.69, 9.17) is 0 Å². The van der Waals surface area contributed by atoms with Crippen molar-refractivity contribution >= 4 is 29.7 Å². The van der Waals surface area contributed by atoms with Crippen molar-refractivity contribution in [2.45, 2.75) is 0 Å². The molecule has 206 valence electrons. The van der Waals surface area contributed by atoms with E-state index in [2.05, 4.69) is 0 Å². The van der Waals surface area contributed by atoms with Gasteiger partial charge in [-0.1, -0.05) is 0 Å². The standard InChI is InChI=1S/12CH3.6Cu.3H2N.3H3P/h12*1H3;;;;;;;3*1H2;3*1H3/q12*-1;;;;2*+1;+2;3*-1;;;. The van der Waals surface area contributed by atoms with E-state index in [1.54, 1.807) is 0 Å². The Labute approximate surface area is 237 Å². The molecular weight excluding hydrogens is 660 g/mol. The summed E-state index contributed by atoms with van der Waals surface area (Å²) < 4.78 is 0. The molecule has 0 aromatic heterocycles. The fourth-order valence-corrected chi connectivity index (χ4v) is 0. The van der Waals surface area contributed by atoms with Crippen molar-refractivity contribution in [3.63, 3.8) is 0 Å². The molecule has 4 radical (unpaired) electrons. The molecule has 0 rings (SSSR count). The molecule has 0 aromatic carbocycles. The van der Waals surface area contributed by atoms with Crippen LogP contribution in [0, 0.1) is 89.1 Å². The first kappa shape index (κ1) is 1150. The SMILES string of the molecule is P.P.P.[CH3-].[CH3-].[CH3-].[CH3-].[CH3-].[CH3-].[CH3-].[CH3-].[CH3-].[CH3-].[CH3-].[CH3-].[Cu+2].[Cu+].[Cu+].[Cu].[Cu].[Cu].[NH2-].[NH2-].[NH2-]. The zero-order valence-electron chi connectivity index (χ0n) is 17.7. The Balaban J connectivity index is 0. The van der Waals surface area contributed by atoms with Gasteiger partial charge >= 0.3 is 51.2 Å². The molecule has 0 heterocycles. The van der Waals surface area contributed by atoms with E-state index in [0.29, 0.717) is 0 Å². The molecule has 0 saturated heterocycles. The van der Waals surface area contributed by atoms with Gasteiger partial charge in [0, 0.05) is 51.2 Å². The predicted octanol–water partition coefficient (Wildman–Crippen LogP) is 7.71. The van der Waals surface area contributed by atoms with Gasteiger partial charge in [-0.25, -0.2) is 0 Å². The smallest absolute Gasteiger partial charge is 0.693 e. The molecule has 24 heavy (non-hydrogen) atoms. The Morgan fingerprint density at radius 3 is 0.250 bits per heavy atom. The average molecular weight is 712 g/mol. The molecule has 0 bridgehead atoms. The summed E-state index contributed by atoms with van der Waals surface area (Å²) in [6, 6.07) is 0. The van der Waals surface area contributed by atoms with Gasteiger partial charge in [0.05, 0.1) is 0 Å². The van der Waals surface area contributed by atoms with Gasteiger partial charge < -0.3 is 108 Å². The van der Waals surface area contributed by atoms with E-state index in [9.17, 15) is 0 Å². The van der Waals surface area contributed by atoms with Crippen LogP contribution in [-0.4, -0.2) is 0 Å². The van der Waals surface area contributed by atoms with Crippen LogP contribution in [0.15, 0.2) is 0 Å². The van der Waals surface area contributed by atoms with Crippen LogP contribution in [0.5, 0.6) is 0 Å². The van der Waals surface area contributed by atoms with Crippen LogP contribution in [0.25, 0.3) is 18.5 Å². The molecule has 0 aliphatic heterocycles. The molecule has 0 aliphatic carbocycles. The van der Waals surface area contributed by atoms with Crippen molar-refractivity contribution in [1.82, 2.24) is 0 Å². The van der Waals surface area contributed by atoms with E-state index >= 15 is 0 Å². The molecule has 12 heteroatoms. The molecule has 0 saturated carbocycles. The van der Waals surface area contributed by atoms with Crippen LogP contribution < -0.4 is 0 Å². The van der Waals surface area contributed by atoms with Gasteiger partial charge in [-0.05, 0) is 0 Å². The van der Waals surface area contributed by atoms with Crippen molar-refractivity contribution in [3.8, 4) is 0 Å². The van der Waals surface area contributed by atoms with Crippen molar-refractivity contribution in [2.24, 2.45) is 0 Å². The topological polar surface area (TPSA) is 100 Å². The minimum absolute atomic E-state index is 0. The quantitative estimate of drug-likeness (QED) is 0.140. The Morgan fingerprint density at radius 1 is 0.250 bits per heavy atom.